The molecule has 0 saturated heterocycles. The third-order valence-electron chi connectivity index (χ3n) is 4.97. The van der Waals surface area contributed by atoms with Crippen LogP contribution in [-0.4, -0.2) is 38.2 Å². The highest BCUT2D eigenvalue weighted by Crippen LogP contribution is 2.34. The molecule has 0 bridgehead atoms. The normalized spacial score (nSPS) is 12.5. The second-order valence-electron chi connectivity index (χ2n) is 7.47. The van der Waals surface area contributed by atoms with E-state index in [9.17, 15) is 9.59 Å². The summed E-state index contributed by atoms with van der Waals surface area (Å²) in [5.74, 6) is 1.34. The summed E-state index contributed by atoms with van der Waals surface area (Å²) >= 11 is 5.85. The summed E-state index contributed by atoms with van der Waals surface area (Å²) in [6, 6.07) is 19.6. The van der Waals surface area contributed by atoms with E-state index < -0.39 is 0 Å². The summed E-state index contributed by atoms with van der Waals surface area (Å²) in [4.78, 5) is 26.4. The van der Waals surface area contributed by atoms with Crippen molar-refractivity contribution in [1.82, 2.24) is 0 Å². The Labute approximate surface area is 196 Å². The lowest BCUT2D eigenvalue weighted by Gasteiger charge is -2.29. The minimum absolute atomic E-state index is 0.0435. The number of amides is 2. The van der Waals surface area contributed by atoms with Crippen LogP contribution in [0.15, 0.2) is 66.7 Å². The number of nitrogens with zero attached hydrogens (tertiary/aromatic N) is 1. The van der Waals surface area contributed by atoms with Gasteiger partial charge in [-0.3, -0.25) is 9.59 Å². The first-order valence-corrected chi connectivity index (χ1v) is 10.8. The summed E-state index contributed by atoms with van der Waals surface area (Å²) in [6.07, 6.45) is 0. The molecule has 1 aliphatic rings. The second kappa shape index (κ2) is 10.3. The molecule has 0 atom stereocenters. The number of ether oxygens (including phenoxy) is 3. The molecule has 0 fully saturated rings. The van der Waals surface area contributed by atoms with E-state index in [0.29, 0.717) is 41.0 Å². The van der Waals surface area contributed by atoms with Crippen LogP contribution < -0.4 is 24.4 Å². The topological polar surface area (TPSA) is 77.1 Å². The number of nitrogens with one attached hydrogen (secondary N) is 1. The van der Waals surface area contributed by atoms with Gasteiger partial charge in [0.2, 0.25) is 0 Å². The number of carbonyl (C=O) groups is 2. The average molecular weight is 467 g/mol. The zero-order chi connectivity index (χ0) is 23.2. The van der Waals surface area contributed by atoms with Crippen LogP contribution in [0.3, 0.4) is 0 Å². The molecular weight excluding hydrogens is 444 g/mol. The smallest absolute Gasteiger partial charge is 0.265 e. The molecule has 0 aliphatic carbocycles. The van der Waals surface area contributed by atoms with E-state index in [4.69, 9.17) is 25.8 Å². The van der Waals surface area contributed by atoms with Gasteiger partial charge in [-0.1, -0.05) is 29.3 Å². The van der Waals surface area contributed by atoms with Gasteiger partial charge in [0.15, 0.2) is 13.2 Å². The van der Waals surface area contributed by atoms with Crippen molar-refractivity contribution in [1.29, 1.82) is 0 Å². The maximum Gasteiger partial charge on any atom is 0.265 e. The molecule has 3 aromatic carbocycles. The maximum atomic E-state index is 12.5. The molecule has 0 spiro atoms. The van der Waals surface area contributed by atoms with Gasteiger partial charge in [-0.15, -0.1) is 0 Å². The number of halogens is 1. The molecule has 4 rings (SSSR count). The monoisotopic (exact) mass is 466 g/mol. The number of rotatable bonds is 8. The van der Waals surface area contributed by atoms with Gasteiger partial charge in [0.1, 0.15) is 23.9 Å². The van der Waals surface area contributed by atoms with Gasteiger partial charge in [-0.2, -0.15) is 0 Å². The molecule has 33 heavy (non-hydrogen) atoms. The average Bonchev–Trinajstić information content (AvgIpc) is 2.81. The highest BCUT2D eigenvalue weighted by atomic mass is 35.5. The van der Waals surface area contributed by atoms with Crippen LogP contribution in [0.4, 0.5) is 11.4 Å². The van der Waals surface area contributed by atoms with E-state index in [1.54, 1.807) is 47.4 Å². The Bertz CT molecular complexity index is 1130. The van der Waals surface area contributed by atoms with E-state index in [2.05, 4.69) is 5.32 Å². The molecule has 0 radical (unpaired) electrons. The van der Waals surface area contributed by atoms with Crippen molar-refractivity contribution in [3.8, 4) is 17.2 Å². The van der Waals surface area contributed by atoms with Gasteiger partial charge in [-0.25, -0.2) is 0 Å². The van der Waals surface area contributed by atoms with E-state index in [1.165, 1.54) is 0 Å². The van der Waals surface area contributed by atoms with E-state index in [1.807, 2.05) is 31.2 Å². The standard InChI is InChI=1S/C25H23ClN2O5/c1-17-2-7-20(8-3-17)31-13-12-28-22-14-19(6-11-23(22)33-16-25(28)30)27-24(29)15-32-21-9-4-18(26)5-10-21/h2-11,14H,12-13,15-16H2,1H3,(H,27,29). The first-order valence-electron chi connectivity index (χ1n) is 10.4. The molecule has 0 aromatic heterocycles. The number of hydrogen-bond acceptors (Lipinski definition) is 5. The van der Waals surface area contributed by atoms with Gasteiger partial charge in [0.05, 0.1) is 12.2 Å². The molecule has 0 unspecified atom stereocenters. The van der Waals surface area contributed by atoms with E-state index in [0.717, 1.165) is 11.3 Å². The molecule has 170 valence electrons. The van der Waals surface area contributed by atoms with Crippen molar-refractivity contribution in [3.63, 3.8) is 0 Å². The fourth-order valence-electron chi connectivity index (χ4n) is 3.29. The lowest BCUT2D eigenvalue weighted by atomic mass is 10.2. The van der Waals surface area contributed by atoms with Crippen LogP contribution >= 0.6 is 11.6 Å². The van der Waals surface area contributed by atoms with Gasteiger partial charge < -0.3 is 24.4 Å². The molecule has 3 aromatic rings. The van der Waals surface area contributed by atoms with Crippen LogP contribution in [-0.2, 0) is 9.59 Å². The Morgan fingerprint density at radius 2 is 1.73 bits per heavy atom. The predicted molar refractivity (Wildman–Crippen MR) is 127 cm³/mol. The zero-order valence-electron chi connectivity index (χ0n) is 18.0. The van der Waals surface area contributed by atoms with Crippen LogP contribution in [0.1, 0.15) is 5.56 Å². The molecule has 2 amide bonds. The molecule has 1 aliphatic heterocycles. The fraction of sp³-hybridized carbons (Fsp3) is 0.200. The Morgan fingerprint density at radius 3 is 2.48 bits per heavy atom. The fourth-order valence-corrected chi connectivity index (χ4v) is 3.42. The Morgan fingerprint density at radius 1 is 1.03 bits per heavy atom. The Kier molecular flexibility index (Phi) is 7.00. The third kappa shape index (κ3) is 5.96. The Hall–Kier alpha value is -3.71. The summed E-state index contributed by atoms with van der Waals surface area (Å²) in [7, 11) is 0. The van der Waals surface area contributed by atoms with E-state index in [-0.39, 0.29) is 25.0 Å². The van der Waals surface area contributed by atoms with Crippen LogP contribution in [0.5, 0.6) is 17.2 Å². The number of fused-ring (bicyclic) bond motifs is 1. The number of benzene rings is 3. The van der Waals surface area contributed by atoms with Crippen LogP contribution in [0.2, 0.25) is 5.02 Å². The van der Waals surface area contributed by atoms with Crippen molar-refractivity contribution in [2.45, 2.75) is 6.92 Å². The van der Waals surface area contributed by atoms with Gasteiger partial charge in [0, 0.05) is 10.7 Å². The van der Waals surface area contributed by atoms with Gasteiger partial charge in [-0.05, 0) is 61.5 Å². The molecule has 7 nitrogen and oxygen atoms in total. The summed E-state index contributed by atoms with van der Waals surface area (Å²) < 4.78 is 16.8. The van der Waals surface area contributed by atoms with Crippen LogP contribution in [0, 0.1) is 6.92 Å². The zero-order valence-corrected chi connectivity index (χ0v) is 18.8. The van der Waals surface area contributed by atoms with Crippen molar-refractivity contribution >= 4 is 34.8 Å². The highest BCUT2D eigenvalue weighted by molar-refractivity contribution is 6.30. The number of anilines is 2. The summed E-state index contributed by atoms with van der Waals surface area (Å²) in [6.45, 7) is 2.47. The van der Waals surface area contributed by atoms with Crippen molar-refractivity contribution in [3.05, 3.63) is 77.3 Å². The van der Waals surface area contributed by atoms with E-state index >= 15 is 0 Å². The quantitative estimate of drug-likeness (QED) is 0.530. The minimum atomic E-state index is -0.331. The predicted octanol–water partition coefficient (Wildman–Crippen LogP) is 4.47. The summed E-state index contributed by atoms with van der Waals surface area (Å²) in [5.41, 5.74) is 2.25. The molecule has 1 heterocycles. The first kappa shape index (κ1) is 22.5. The first-order chi connectivity index (χ1) is 16.0. The SMILES string of the molecule is Cc1ccc(OCCN2C(=O)COc3ccc(NC(=O)COc4ccc(Cl)cc4)cc32)cc1. The second-order valence-corrected chi connectivity index (χ2v) is 7.91. The van der Waals surface area contributed by atoms with Crippen LogP contribution in [0.25, 0.3) is 0 Å². The number of carbonyl (C=O) groups excluding carboxylic acids is 2. The molecule has 0 saturated carbocycles. The molecular formula is C25H23ClN2O5. The highest BCUT2D eigenvalue weighted by Gasteiger charge is 2.26. The van der Waals surface area contributed by atoms with Gasteiger partial charge >= 0.3 is 0 Å². The lowest BCUT2D eigenvalue weighted by molar-refractivity contribution is -0.121. The summed E-state index contributed by atoms with van der Waals surface area (Å²) in [5, 5.41) is 3.37. The maximum absolute atomic E-state index is 12.5. The number of aryl methyl sites for hydroxylation is 1. The molecule has 8 heteroatoms. The molecule has 1 N–H and O–H groups in total. The minimum Gasteiger partial charge on any atom is -0.492 e. The van der Waals surface area contributed by atoms with Crippen molar-refractivity contribution < 1.29 is 23.8 Å². The Balaban J connectivity index is 1.37. The lowest BCUT2D eigenvalue weighted by Crippen LogP contribution is -2.41. The largest absolute Gasteiger partial charge is 0.492 e. The number of hydrogen-bond donors (Lipinski definition) is 1. The third-order valence-corrected chi connectivity index (χ3v) is 5.23. The van der Waals surface area contributed by atoms with Gasteiger partial charge in [0.25, 0.3) is 11.8 Å². The van der Waals surface area contributed by atoms with Crippen molar-refractivity contribution in [2.75, 3.05) is 36.6 Å². The van der Waals surface area contributed by atoms with Crippen molar-refractivity contribution in [2.24, 2.45) is 0 Å².